The van der Waals surface area contributed by atoms with Gasteiger partial charge in [0, 0.05) is 24.3 Å². The second-order valence-electron chi connectivity index (χ2n) is 5.05. The summed E-state index contributed by atoms with van der Waals surface area (Å²) in [6.45, 7) is 2.86. The summed E-state index contributed by atoms with van der Waals surface area (Å²) in [5.41, 5.74) is 7.21. The molecular formula is C13H19N3O. The van der Waals surface area contributed by atoms with E-state index in [-0.39, 0.29) is 18.2 Å². The van der Waals surface area contributed by atoms with Crippen molar-refractivity contribution in [2.75, 3.05) is 11.9 Å². The predicted molar refractivity (Wildman–Crippen MR) is 66.8 cm³/mol. The van der Waals surface area contributed by atoms with Gasteiger partial charge in [-0.1, -0.05) is 6.07 Å². The lowest BCUT2D eigenvalue weighted by Crippen LogP contribution is -2.69. The molecule has 0 amide bonds. The van der Waals surface area contributed by atoms with Crippen molar-refractivity contribution in [3.8, 4) is 0 Å². The number of pyridine rings is 1. The molecule has 4 atom stereocenters. The van der Waals surface area contributed by atoms with Gasteiger partial charge in [-0.05, 0) is 31.9 Å². The number of fused-ring (bicyclic) bond motifs is 1. The van der Waals surface area contributed by atoms with Crippen molar-refractivity contribution >= 4 is 5.82 Å². The van der Waals surface area contributed by atoms with Crippen LogP contribution in [0, 0.1) is 12.8 Å². The van der Waals surface area contributed by atoms with E-state index in [0.717, 1.165) is 24.5 Å². The number of hydrogen-bond acceptors (Lipinski definition) is 4. The first-order chi connectivity index (χ1) is 8.25. The fourth-order valence-corrected chi connectivity index (χ4v) is 2.92. The molecule has 2 aliphatic rings. The molecule has 4 nitrogen and oxygen atoms in total. The van der Waals surface area contributed by atoms with Crippen LogP contribution < -0.4 is 11.1 Å². The summed E-state index contributed by atoms with van der Waals surface area (Å²) in [5, 5.41) is 3.41. The standard InChI is InChI=1S/C13H19N3O/c1-8-4-2-6-10(15-8)16-12-11(14)9-5-3-7-17-13(9)12/h2,4,6,9,11-13H,3,5,7,14H2,1H3,(H,15,16). The van der Waals surface area contributed by atoms with Crippen LogP contribution in [0.3, 0.4) is 0 Å². The Bertz CT molecular complexity index is 409. The summed E-state index contributed by atoms with van der Waals surface area (Å²) in [5.74, 6) is 1.43. The highest BCUT2D eigenvalue weighted by molar-refractivity contribution is 5.39. The van der Waals surface area contributed by atoms with Crippen LogP contribution in [0.5, 0.6) is 0 Å². The Morgan fingerprint density at radius 3 is 3.18 bits per heavy atom. The third kappa shape index (κ3) is 1.91. The zero-order valence-electron chi connectivity index (χ0n) is 10.1. The largest absolute Gasteiger partial charge is 0.376 e. The number of hydrogen-bond donors (Lipinski definition) is 2. The lowest BCUT2D eigenvalue weighted by Gasteiger charge is -2.52. The van der Waals surface area contributed by atoms with E-state index in [1.807, 2.05) is 25.1 Å². The quantitative estimate of drug-likeness (QED) is 0.808. The van der Waals surface area contributed by atoms with Gasteiger partial charge in [-0.2, -0.15) is 0 Å². The molecule has 4 unspecified atom stereocenters. The fourth-order valence-electron chi connectivity index (χ4n) is 2.92. The van der Waals surface area contributed by atoms with Crippen LogP contribution in [0.25, 0.3) is 0 Å². The zero-order valence-corrected chi connectivity index (χ0v) is 10.1. The minimum absolute atomic E-state index is 0.197. The molecule has 1 saturated heterocycles. The van der Waals surface area contributed by atoms with E-state index >= 15 is 0 Å². The Hall–Kier alpha value is -1.13. The molecule has 0 aromatic carbocycles. The Balaban J connectivity index is 1.69. The van der Waals surface area contributed by atoms with Crippen LogP contribution in [0.1, 0.15) is 18.5 Å². The molecule has 0 spiro atoms. The van der Waals surface area contributed by atoms with Gasteiger partial charge in [-0.25, -0.2) is 4.98 Å². The maximum Gasteiger partial charge on any atom is 0.126 e. The van der Waals surface area contributed by atoms with Crippen LogP contribution in [-0.2, 0) is 4.74 Å². The minimum Gasteiger partial charge on any atom is -0.376 e. The summed E-state index contributed by atoms with van der Waals surface area (Å²) < 4.78 is 5.79. The van der Waals surface area contributed by atoms with Crippen molar-refractivity contribution in [2.45, 2.75) is 38.0 Å². The van der Waals surface area contributed by atoms with Gasteiger partial charge in [-0.3, -0.25) is 0 Å². The zero-order chi connectivity index (χ0) is 11.8. The number of nitrogens with one attached hydrogen (secondary N) is 1. The van der Waals surface area contributed by atoms with Crippen LogP contribution in [0.2, 0.25) is 0 Å². The molecule has 0 radical (unpaired) electrons. The summed E-state index contributed by atoms with van der Waals surface area (Å²) in [6.07, 6.45) is 2.62. The molecule has 17 heavy (non-hydrogen) atoms. The van der Waals surface area contributed by atoms with Gasteiger partial charge in [0.2, 0.25) is 0 Å². The second-order valence-corrected chi connectivity index (χ2v) is 5.05. The molecule has 92 valence electrons. The highest BCUT2D eigenvalue weighted by Gasteiger charge is 2.50. The molecule has 4 heteroatoms. The normalized spacial score (nSPS) is 35.9. The Labute approximate surface area is 102 Å². The van der Waals surface area contributed by atoms with Gasteiger partial charge in [0.1, 0.15) is 5.82 Å². The third-order valence-electron chi connectivity index (χ3n) is 3.88. The Morgan fingerprint density at radius 2 is 2.35 bits per heavy atom. The van der Waals surface area contributed by atoms with Crippen LogP contribution in [0.4, 0.5) is 5.82 Å². The van der Waals surface area contributed by atoms with E-state index in [4.69, 9.17) is 10.5 Å². The average molecular weight is 233 g/mol. The van der Waals surface area contributed by atoms with Gasteiger partial charge in [0.25, 0.3) is 0 Å². The highest BCUT2D eigenvalue weighted by atomic mass is 16.5. The van der Waals surface area contributed by atoms with E-state index in [9.17, 15) is 0 Å². The topological polar surface area (TPSA) is 60.2 Å². The van der Waals surface area contributed by atoms with Crippen molar-refractivity contribution in [1.29, 1.82) is 0 Å². The molecule has 1 aromatic rings. The highest BCUT2D eigenvalue weighted by Crippen LogP contribution is 2.38. The average Bonchev–Trinajstić information content (AvgIpc) is 2.36. The first kappa shape index (κ1) is 11.0. The number of nitrogens with zero attached hydrogens (tertiary/aromatic N) is 1. The number of nitrogens with two attached hydrogens (primary N) is 1. The molecule has 3 N–H and O–H groups in total. The van der Waals surface area contributed by atoms with Gasteiger partial charge in [-0.15, -0.1) is 0 Å². The number of ether oxygens (including phenoxy) is 1. The summed E-state index contributed by atoms with van der Waals surface area (Å²) in [6, 6.07) is 6.40. The SMILES string of the molecule is Cc1cccc(NC2C(N)C3CCCOC32)n1. The van der Waals surface area contributed by atoms with E-state index in [1.54, 1.807) is 0 Å². The number of anilines is 1. The molecule has 2 heterocycles. The van der Waals surface area contributed by atoms with Crippen molar-refractivity contribution in [3.05, 3.63) is 23.9 Å². The van der Waals surface area contributed by atoms with Gasteiger partial charge >= 0.3 is 0 Å². The molecule has 2 fully saturated rings. The van der Waals surface area contributed by atoms with Crippen molar-refractivity contribution in [1.82, 2.24) is 4.98 Å². The van der Waals surface area contributed by atoms with E-state index < -0.39 is 0 Å². The molecule has 0 bridgehead atoms. The fraction of sp³-hybridized carbons (Fsp3) is 0.615. The monoisotopic (exact) mass is 233 g/mol. The van der Waals surface area contributed by atoms with E-state index in [0.29, 0.717) is 5.92 Å². The lowest BCUT2D eigenvalue weighted by molar-refractivity contribution is -0.104. The molecular weight excluding hydrogens is 214 g/mol. The van der Waals surface area contributed by atoms with Crippen LogP contribution in [0.15, 0.2) is 18.2 Å². The number of rotatable bonds is 2. The molecule has 1 aliphatic heterocycles. The second kappa shape index (κ2) is 4.27. The summed E-state index contributed by atoms with van der Waals surface area (Å²) >= 11 is 0. The predicted octanol–water partition coefficient (Wildman–Crippen LogP) is 1.31. The number of aromatic nitrogens is 1. The van der Waals surface area contributed by atoms with Crippen LogP contribution in [-0.4, -0.2) is 29.8 Å². The maximum absolute atomic E-state index is 6.19. The van der Waals surface area contributed by atoms with Crippen molar-refractivity contribution in [3.63, 3.8) is 0 Å². The third-order valence-corrected chi connectivity index (χ3v) is 3.88. The summed E-state index contributed by atoms with van der Waals surface area (Å²) in [4.78, 5) is 4.44. The summed E-state index contributed by atoms with van der Waals surface area (Å²) in [7, 11) is 0. The first-order valence-corrected chi connectivity index (χ1v) is 6.33. The molecule has 1 aliphatic carbocycles. The van der Waals surface area contributed by atoms with Crippen molar-refractivity contribution in [2.24, 2.45) is 11.7 Å². The molecule has 1 saturated carbocycles. The first-order valence-electron chi connectivity index (χ1n) is 6.33. The Kier molecular flexibility index (Phi) is 2.76. The van der Waals surface area contributed by atoms with Gasteiger partial charge in [0.15, 0.2) is 0 Å². The van der Waals surface area contributed by atoms with E-state index in [2.05, 4.69) is 10.3 Å². The molecule has 3 rings (SSSR count). The Morgan fingerprint density at radius 1 is 1.47 bits per heavy atom. The van der Waals surface area contributed by atoms with E-state index in [1.165, 1.54) is 6.42 Å². The lowest BCUT2D eigenvalue weighted by atomic mass is 9.68. The smallest absolute Gasteiger partial charge is 0.126 e. The van der Waals surface area contributed by atoms with Crippen LogP contribution >= 0.6 is 0 Å². The van der Waals surface area contributed by atoms with Gasteiger partial charge < -0.3 is 15.8 Å². The molecule has 1 aromatic heterocycles. The van der Waals surface area contributed by atoms with Crippen molar-refractivity contribution < 1.29 is 4.74 Å². The minimum atomic E-state index is 0.197. The van der Waals surface area contributed by atoms with Gasteiger partial charge in [0.05, 0.1) is 12.1 Å². The number of aryl methyl sites for hydroxylation is 1. The maximum atomic E-state index is 6.19.